The summed E-state index contributed by atoms with van der Waals surface area (Å²) >= 11 is 13.3. The first-order valence-electron chi connectivity index (χ1n) is 10.1. The van der Waals surface area contributed by atoms with Gasteiger partial charge in [-0.2, -0.15) is 0 Å². The number of amides is 2. The van der Waals surface area contributed by atoms with Gasteiger partial charge in [0.25, 0.3) is 5.91 Å². The predicted molar refractivity (Wildman–Crippen MR) is 130 cm³/mol. The molecule has 3 aromatic rings. The van der Waals surface area contributed by atoms with Crippen molar-refractivity contribution in [3.8, 4) is 5.75 Å². The maximum atomic E-state index is 12.6. The Morgan fingerprint density at radius 1 is 1.15 bits per heavy atom. The Hall–Kier alpha value is -2.75. The van der Waals surface area contributed by atoms with Crippen LogP contribution in [0.4, 0.5) is 5.69 Å². The standard InChI is InChI=1S/C22H23Cl2N5O3S/c1-4-29-20(13(2)25-21(31)14-8-10-15(32-3)11-9-14)27-28-22(29)33-12-18(30)26-17-7-5-6-16(23)19(17)24/h5-11,13H,4,12H2,1-3H3,(H,25,31)(H,26,30). The van der Waals surface area contributed by atoms with E-state index in [9.17, 15) is 9.59 Å². The molecule has 0 bridgehead atoms. The molecule has 1 unspecified atom stereocenters. The Bertz CT molecular complexity index is 1140. The normalized spacial score (nSPS) is 11.7. The Kier molecular flexibility index (Phi) is 8.60. The number of halogens is 2. The fourth-order valence-electron chi connectivity index (χ4n) is 3.03. The van der Waals surface area contributed by atoms with Crippen molar-refractivity contribution in [2.24, 2.45) is 0 Å². The lowest BCUT2D eigenvalue weighted by Crippen LogP contribution is -2.28. The molecule has 1 heterocycles. The number of aromatic nitrogens is 3. The van der Waals surface area contributed by atoms with E-state index in [1.54, 1.807) is 49.6 Å². The summed E-state index contributed by atoms with van der Waals surface area (Å²) in [4.78, 5) is 25.0. The molecule has 0 fully saturated rings. The van der Waals surface area contributed by atoms with Gasteiger partial charge in [0.15, 0.2) is 11.0 Å². The molecular weight excluding hydrogens is 485 g/mol. The van der Waals surface area contributed by atoms with E-state index in [-0.39, 0.29) is 28.6 Å². The third-order valence-electron chi connectivity index (χ3n) is 4.71. The first kappa shape index (κ1) is 24.9. The predicted octanol–water partition coefficient (Wildman–Crippen LogP) is 4.84. The summed E-state index contributed by atoms with van der Waals surface area (Å²) < 4.78 is 6.98. The van der Waals surface area contributed by atoms with Gasteiger partial charge in [0.05, 0.1) is 34.6 Å². The number of anilines is 1. The van der Waals surface area contributed by atoms with Crippen LogP contribution in [-0.4, -0.2) is 39.4 Å². The minimum atomic E-state index is -0.388. The minimum Gasteiger partial charge on any atom is -0.497 e. The van der Waals surface area contributed by atoms with Crippen LogP contribution in [0.15, 0.2) is 47.6 Å². The van der Waals surface area contributed by atoms with Crippen molar-refractivity contribution >= 4 is 52.5 Å². The van der Waals surface area contributed by atoms with Gasteiger partial charge in [0.1, 0.15) is 5.75 Å². The first-order valence-corrected chi connectivity index (χ1v) is 11.8. The van der Waals surface area contributed by atoms with E-state index in [0.717, 1.165) is 0 Å². The summed E-state index contributed by atoms with van der Waals surface area (Å²) in [5.74, 6) is 0.891. The number of nitrogens with zero attached hydrogens (tertiary/aromatic N) is 3. The van der Waals surface area contributed by atoms with E-state index in [1.165, 1.54) is 11.8 Å². The number of benzene rings is 2. The lowest BCUT2D eigenvalue weighted by atomic mass is 10.2. The maximum absolute atomic E-state index is 12.6. The third-order valence-corrected chi connectivity index (χ3v) is 6.49. The summed E-state index contributed by atoms with van der Waals surface area (Å²) in [5.41, 5.74) is 0.957. The quantitative estimate of drug-likeness (QED) is 0.402. The second-order valence-corrected chi connectivity index (χ2v) is 8.67. The van der Waals surface area contributed by atoms with Gasteiger partial charge in [-0.15, -0.1) is 10.2 Å². The molecule has 0 saturated heterocycles. The molecule has 2 amide bonds. The molecule has 0 spiro atoms. The van der Waals surface area contributed by atoms with Gasteiger partial charge in [0.2, 0.25) is 5.91 Å². The highest BCUT2D eigenvalue weighted by atomic mass is 35.5. The van der Waals surface area contributed by atoms with Crippen LogP contribution < -0.4 is 15.4 Å². The van der Waals surface area contributed by atoms with Crippen molar-refractivity contribution < 1.29 is 14.3 Å². The van der Waals surface area contributed by atoms with E-state index in [4.69, 9.17) is 27.9 Å². The Morgan fingerprint density at radius 3 is 2.55 bits per heavy atom. The topological polar surface area (TPSA) is 98.1 Å². The average molecular weight is 508 g/mol. The second kappa shape index (κ2) is 11.4. The number of carbonyl (C=O) groups is 2. The van der Waals surface area contributed by atoms with Crippen LogP contribution in [0.25, 0.3) is 0 Å². The van der Waals surface area contributed by atoms with Gasteiger partial charge >= 0.3 is 0 Å². The molecule has 0 aliphatic carbocycles. The highest BCUT2D eigenvalue weighted by molar-refractivity contribution is 7.99. The van der Waals surface area contributed by atoms with E-state index in [0.29, 0.717) is 39.5 Å². The molecule has 1 atom stereocenters. The summed E-state index contributed by atoms with van der Waals surface area (Å²) in [6.07, 6.45) is 0. The molecule has 0 radical (unpaired) electrons. The van der Waals surface area contributed by atoms with Crippen molar-refractivity contribution in [3.63, 3.8) is 0 Å². The van der Waals surface area contributed by atoms with Gasteiger partial charge in [-0.25, -0.2) is 0 Å². The number of nitrogens with one attached hydrogen (secondary N) is 2. The molecule has 2 aromatic carbocycles. The van der Waals surface area contributed by atoms with Gasteiger partial charge < -0.3 is 19.9 Å². The molecule has 8 nitrogen and oxygen atoms in total. The van der Waals surface area contributed by atoms with Crippen molar-refractivity contribution in [3.05, 3.63) is 63.9 Å². The van der Waals surface area contributed by atoms with Gasteiger partial charge in [-0.05, 0) is 50.2 Å². The van der Waals surface area contributed by atoms with Crippen LogP contribution in [0.2, 0.25) is 10.0 Å². The van der Waals surface area contributed by atoms with Gasteiger partial charge in [-0.1, -0.05) is 41.0 Å². The SMILES string of the molecule is CCn1c(SCC(=O)Nc2cccc(Cl)c2Cl)nnc1C(C)NC(=O)c1ccc(OC)cc1. The Labute approximate surface area is 206 Å². The summed E-state index contributed by atoms with van der Waals surface area (Å²) in [7, 11) is 1.57. The largest absolute Gasteiger partial charge is 0.497 e. The van der Waals surface area contributed by atoms with Gasteiger partial charge in [-0.3, -0.25) is 9.59 Å². The summed E-state index contributed by atoms with van der Waals surface area (Å²) in [6.45, 7) is 4.36. The molecule has 33 heavy (non-hydrogen) atoms. The number of carbonyl (C=O) groups excluding carboxylic acids is 2. The van der Waals surface area contributed by atoms with Crippen molar-refractivity contribution in [1.82, 2.24) is 20.1 Å². The van der Waals surface area contributed by atoms with Crippen LogP contribution in [0.5, 0.6) is 5.75 Å². The molecule has 1 aromatic heterocycles. The number of methoxy groups -OCH3 is 1. The molecule has 174 valence electrons. The first-order chi connectivity index (χ1) is 15.8. The van der Waals surface area contributed by atoms with Crippen LogP contribution in [-0.2, 0) is 11.3 Å². The van der Waals surface area contributed by atoms with Crippen molar-refractivity contribution in [2.75, 3.05) is 18.2 Å². The highest BCUT2D eigenvalue weighted by Crippen LogP contribution is 2.30. The lowest BCUT2D eigenvalue weighted by Gasteiger charge is -2.15. The van der Waals surface area contributed by atoms with Crippen LogP contribution >= 0.6 is 35.0 Å². The smallest absolute Gasteiger partial charge is 0.251 e. The van der Waals surface area contributed by atoms with Crippen molar-refractivity contribution in [2.45, 2.75) is 31.6 Å². The maximum Gasteiger partial charge on any atom is 0.251 e. The fourth-order valence-corrected chi connectivity index (χ4v) is 4.19. The van der Waals surface area contributed by atoms with Crippen LogP contribution in [0, 0.1) is 0 Å². The third kappa shape index (κ3) is 6.19. The molecular formula is C22H23Cl2N5O3S. The Morgan fingerprint density at radius 2 is 1.88 bits per heavy atom. The average Bonchev–Trinajstić information content (AvgIpc) is 3.24. The lowest BCUT2D eigenvalue weighted by molar-refractivity contribution is -0.113. The van der Waals surface area contributed by atoms with Gasteiger partial charge in [0, 0.05) is 12.1 Å². The zero-order valence-corrected chi connectivity index (χ0v) is 20.6. The minimum absolute atomic E-state index is 0.105. The number of ether oxygens (including phenoxy) is 1. The molecule has 2 N–H and O–H groups in total. The second-order valence-electron chi connectivity index (χ2n) is 6.95. The highest BCUT2D eigenvalue weighted by Gasteiger charge is 2.20. The Balaban J connectivity index is 1.63. The fraction of sp³-hybridized carbons (Fsp3) is 0.273. The number of thioether (sulfide) groups is 1. The number of rotatable bonds is 9. The van der Waals surface area contributed by atoms with E-state index < -0.39 is 0 Å². The zero-order valence-electron chi connectivity index (χ0n) is 18.3. The molecule has 11 heteroatoms. The number of hydrogen-bond acceptors (Lipinski definition) is 6. The van der Waals surface area contributed by atoms with E-state index in [2.05, 4.69) is 20.8 Å². The molecule has 3 rings (SSSR count). The summed E-state index contributed by atoms with van der Waals surface area (Å²) in [5, 5.41) is 15.3. The van der Waals surface area contributed by atoms with Crippen LogP contribution in [0.3, 0.4) is 0 Å². The van der Waals surface area contributed by atoms with Crippen LogP contribution in [0.1, 0.15) is 36.1 Å². The van der Waals surface area contributed by atoms with Crippen molar-refractivity contribution in [1.29, 1.82) is 0 Å². The monoisotopic (exact) mass is 507 g/mol. The number of hydrogen-bond donors (Lipinski definition) is 2. The molecule has 0 aliphatic heterocycles. The summed E-state index contributed by atoms with van der Waals surface area (Å²) in [6, 6.07) is 11.5. The molecule has 0 saturated carbocycles. The van der Waals surface area contributed by atoms with E-state index >= 15 is 0 Å². The molecule has 0 aliphatic rings. The van der Waals surface area contributed by atoms with E-state index in [1.807, 2.05) is 18.4 Å². The zero-order chi connectivity index (χ0) is 24.0.